The maximum atomic E-state index is 10.3. The number of likely N-dealkylation sites (tertiary alicyclic amines) is 1. The zero-order valence-corrected chi connectivity index (χ0v) is 9.70. The molecule has 1 fully saturated rings. The summed E-state index contributed by atoms with van der Waals surface area (Å²) in [5.74, 6) is -0.702. The molecule has 1 aliphatic rings. The van der Waals surface area contributed by atoms with Crippen molar-refractivity contribution < 1.29 is 9.90 Å². The van der Waals surface area contributed by atoms with Gasteiger partial charge in [0.1, 0.15) is 0 Å². The number of rotatable bonds is 6. The molecule has 1 aliphatic heterocycles. The second-order valence-corrected chi connectivity index (χ2v) is 4.53. The van der Waals surface area contributed by atoms with E-state index in [0.29, 0.717) is 12.1 Å². The fraction of sp³-hybridized carbons (Fsp3) is 0.909. The van der Waals surface area contributed by atoms with Crippen LogP contribution in [-0.2, 0) is 4.79 Å². The fourth-order valence-corrected chi connectivity index (χ4v) is 1.97. The summed E-state index contributed by atoms with van der Waals surface area (Å²) in [5.41, 5.74) is 0. The fourth-order valence-electron chi connectivity index (χ4n) is 1.97. The Morgan fingerprint density at radius 2 is 2.33 bits per heavy atom. The lowest BCUT2D eigenvalue weighted by atomic mass is 10.2. The van der Waals surface area contributed by atoms with Crippen LogP contribution in [0.3, 0.4) is 0 Å². The van der Waals surface area contributed by atoms with Crippen LogP contribution in [-0.4, -0.2) is 47.7 Å². The number of nitrogens with one attached hydrogen (secondary N) is 1. The highest BCUT2D eigenvalue weighted by atomic mass is 16.4. The summed E-state index contributed by atoms with van der Waals surface area (Å²) in [6, 6.07) is 1.18. The van der Waals surface area contributed by atoms with Crippen molar-refractivity contribution in [2.45, 2.75) is 45.2 Å². The van der Waals surface area contributed by atoms with Crippen molar-refractivity contribution in [3.05, 3.63) is 0 Å². The Balaban J connectivity index is 2.06. The molecular weight excluding hydrogens is 192 g/mol. The van der Waals surface area contributed by atoms with Crippen molar-refractivity contribution in [3.63, 3.8) is 0 Å². The molecule has 0 aromatic carbocycles. The summed E-state index contributed by atoms with van der Waals surface area (Å²) in [7, 11) is 0. The van der Waals surface area contributed by atoms with E-state index in [-0.39, 0.29) is 6.42 Å². The number of nitrogens with zero attached hydrogens (tertiary/aromatic N) is 1. The number of carboxylic acids is 1. The van der Waals surface area contributed by atoms with Gasteiger partial charge in [0, 0.05) is 25.0 Å². The molecule has 0 bridgehead atoms. The third-order valence-corrected chi connectivity index (χ3v) is 2.95. The van der Waals surface area contributed by atoms with E-state index in [1.807, 2.05) is 0 Å². The number of carbonyl (C=O) groups is 1. The first-order valence-corrected chi connectivity index (χ1v) is 5.79. The molecule has 0 radical (unpaired) electrons. The standard InChI is InChI=1S/C11H22N2O2/c1-9(2)13-7-5-10(8-13)12-6-3-4-11(14)15/h9-10,12H,3-8H2,1-2H3,(H,14,15). The number of carboxylic acid groups (broad SMARTS) is 1. The van der Waals surface area contributed by atoms with E-state index in [1.54, 1.807) is 0 Å². The molecule has 1 heterocycles. The summed E-state index contributed by atoms with van der Waals surface area (Å²) in [6.45, 7) is 7.52. The third-order valence-electron chi connectivity index (χ3n) is 2.95. The van der Waals surface area contributed by atoms with Crippen LogP contribution >= 0.6 is 0 Å². The van der Waals surface area contributed by atoms with Crippen LogP contribution in [0, 0.1) is 0 Å². The topological polar surface area (TPSA) is 52.6 Å². The average Bonchev–Trinajstić information content (AvgIpc) is 2.60. The van der Waals surface area contributed by atoms with E-state index in [2.05, 4.69) is 24.1 Å². The third kappa shape index (κ3) is 4.62. The van der Waals surface area contributed by atoms with Gasteiger partial charge >= 0.3 is 5.97 Å². The first-order valence-electron chi connectivity index (χ1n) is 5.79. The van der Waals surface area contributed by atoms with Gasteiger partial charge in [0.15, 0.2) is 0 Å². The lowest BCUT2D eigenvalue weighted by Crippen LogP contribution is -2.35. The summed E-state index contributed by atoms with van der Waals surface area (Å²) in [6.07, 6.45) is 2.19. The molecule has 0 aromatic rings. The largest absolute Gasteiger partial charge is 0.481 e. The Hall–Kier alpha value is -0.610. The molecule has 4 heteroatoms. The Kier molecular flexibility index (Phi) is 5.05. The summed E-state index contributed by atoms with van der Waals surface area (Å²) < 4.78 is 0. The predicted molar refractivity (Wildman–Crippen MR) is 60.0 cm³/mol. The van der Waals surface area contributed by atoms with Crippen molar-refractivity contribution >= 4 is 5.97 Å². The molecule has 1 atom stereocenters. The number of hydrogen-bond acceptors (Lipinski definition) is 3. The Morgan fingerprint density at radius 1 is 1.60 bits per heavy atom. The zero-order valence-electron chi connectivity index (χ0n) is 9.70. The van der Waals surface area contributed by atoms with E-state index in [9.17, 15) is 4.79 Å². The highest BCUT2D eigenvalue weighted by Crippen LogP contribution is 2.12. The van der Waals surface area contributed by atoms with E-state index in [4.69, 9.17) is 5.11 Å². The highest BCUT2D eigenvalue weighted by molar-refractivity contribution is 5.66. The quantitative estimate of drug-likeness (QED) is 0.646. The smallest absolute Gasteiger partial charge is 0.303 e. The van der Waals surface area contributed by atoms with Gasteiger partial charge in [-0.15, -0.1) is 0 Å². The maximum absolute atomic E-state index is 10.3. The molecule has 0 aromatic heterocycles. The van der Waals surface area contributed by atoms with Crippen molar-refractivity contribution in [1.29, 1.82) is 0 Å². The molecule has 4 nitrogen and oxygen atoms in total. The normalized spacial score (nSPS) is 22.5. The van der Waals surface area contributed by atoms with Crippen LogP contribution in [0.1, 0.15) is 33.1 Å². The monoisotopic (exact) mass is 214 g/mol. The Morgan fingerprint density at radius 3 is 2.87 bits per heavy atom. The first-order chi connectivity index (χ1) is 7.09. The summed E-state index contributed by atoms with van der Waals surface area (Å²) >= 11 is 0. The Labute approximate surface area is 91.6 Å². The van der Waals surface area contributed by atoms with Crippen molar-refractivity contribution in [2.75, 3.05) is 19.6 Å². The number of hydrogen-bond donors (Lipinski definition) is 2. The molecule has 0 amide bonds. The van der Waals surface area contributed by atoms with Crippen molar-refractivity contribution in [3.8, 4) is 0 Å². The van der Waals surface area contributed by atoms with Gasteiger partial charge in [-0.05, 0) is 39.8 Å². The van der Waals surface area contributed by atoms with Crippen LogP contribution in [0.5, 0.6) is 0 Å². The van der Waals surface area contributed by atoms with E-state index in [0.717, 1.165) is 26.1 Å². The van der Waals surface area contributed by atoms with Crippen molar-refractivity contribution in [2.24, 2.45) is 0 Å². The van der Waals surface area contributed by atoms with Gasteiger partial charge in [0.2, 0.25) is 0 Å². The van der Waals surface area contributed by atoms with E-state index >= 15 is 0 Å². The molecule has 0 aliphatic carbocycles. The molecule has 1 rings (SSSR count). The molecule has 15 heavy (non-hydrogen) atoms. The van der Waals surface area contributed by atoms with Gasteiger partial charge in [-0.3, -0.25) is 9.69 Å². The second-order valence-electron chi connectivity index (χ2n) is 4.53. The maximum Gasteiger partial charge on any atom is 0.303 e. The van der Waals surface area contributed by atoms with Gasteiger partial charge in [0.05, 0.1) is 0 Å². The van der Waals surface area contributed by atoms with Crippen molar-refractivity contribution in [1.82, 2.24) is 10.2 Å². The summed E-state index contributed by atoms with van der Waals surface area (Å²) in [5, 5.41) is 11.9. The van der Waals surface area contributed by atoms with Gasteiger partial charge < -0.3 is 10.4 Å². The lowest BCUT2D eigenvalue weighted by Gasteiger charge is -2.20. The van der Waals surface area contributed by atoms with Crippen LogP contribution in [0.15, 0.2) is 0 Å². The molecule has 0 spiro atoms. The molecule has 88 valence electrons. The van der Waals surface area contributed by atoms with Crippen LogP contribution in [0.25, 0.3) is 0 Å². The first kappa shape index (κ1) is 12.5. The van der Waals surface area contributed by atoms with Gasteiger partial charge in [-0.25, -0.2) is 0 Å². The Bertz CT molecular complexity index is 207. The van der Waals surface area contributed by atoms with Gasteiger partial charge in [-0.1, -0.05) is 0 Å². The lowest BCUT2D eigenvalue weighted by molar-refractivity contribution is -0.137. The highest BCUT2D eigenvalue weighted by Gasteiger charge is 2.23. The minimum Gasteiger partial charge on any atom is -0.481 e. The zero-order chi connectivity index (χ0) is 11.3. The molecule has 2 N–H and O–H groups in total. The molecule has 1 saturated heterocycles. The van der Waals surface area contributed by atoms with E-state index in [1.165, 1.54) is 6.42 Å². The van der Waals surface area contributed by atoms with Crippen LogP contribution in [0.2, 0.25) is 0 Å². The molecular formula is C11H22N2O2. The van der Waals surface area contributed by atoms with Crippen LogP contribution in [0.4, 0.5) is 0 Å². The predicted octanol–water partition coefficient (Wildman–Crippen LogP) is 0.923. The minimum absolute atomic E-state index is 0.271. The summed E-state index contributed by atoms with van der Waals surface area (Å²) in [4.78, 5) is 12.8. The number of aliphatic carboxylic acids is 1. The molecule has 0 saturated carbocycles. The van der Waals surface area contributed by atoms with Gasteiger partial charge in [-0.2, -0.15) is 0 Å². The minimum atomic E-state index is -0.702. The average molecular weight is 214 g/mol. The SMILES string of the molecule is CC(C)N1CCC(NCCCC(=O)O)C1. The molecule has 1 unspecified atom stereocenters. The van der Waals surface area contributed by atoms with Crippen LogP contribution < -0.4 is 5.32 Å². The second kappa shape index (κ2) is 6.08. The van der Waals surface area contributed by atoms with E-state index < -0.39 is 5.97 Å². The van der Waals surface area contributed by atoms with Gasteiger partial charge in [0.25, 0.3) is 0 Å².